The van der Waals surface area contributed by atoms with Gasteiger partial charge in [0.25, 0.3) is 0 Å². The van der Waals surface area contributed by atoms with E-state index in [2.05, 4.69) is 5.32 Å². The number of hydrogen-bond donors (Lipinski definition) is 3. The number of nitrogens with one attached hydrogen (secondary N) is 1. The zero-order chi connectivity index (χ0) is 24.9. The minimum atomic E-state index is -0.443. The van der Waals surface area contributed by atoms with Crippen molar-refractivity contribution in [3.63, 3.8) is 0 Å². The number of ether oxygens (including phenoxy) is 2. The van der Waals surface area contributed by atoms with E-state index in [0.29, 0.717) is 12.3 Å². The molecule has 0 aromatic heterocycles. The van der Waals surface area contributed by atoms with Crippen molar-refractivity contribution < 1.29 is 19.1 Å². The SMILES string of the molecule is C.CC(=O)Oc1ccccc1.CC(C)(N)CN.CNCC(C)(C)N(C)C(=O)OC(C)(C)C. The van der Waals surface area contributed by atoms with Crippen LogP contribution in [0, 0.1) is 0 Å². The molecule has 1 rings (SSSR count). The van der Waals surface area contributed by atoms with Crippen molar-refractivity contribution in [2.75, 3.05) is 27.2 Å². The van der Waals surface area contributed by atoms with Gasteiger partial charge < -0.3 is 31.2 Å². The van der Waals surface area contributed by atoms with Gasteiger partial charge in [-0.1, -0.05) is 25.6 Å². The molecule has 0 fully saturated rings. The molecule has 5 N–H and O–H groups in total. The molecule has 0 aliphatic carbocycles. The van der Waals surface area contributed by atoms with Crippen LogP contribution in [0.1, 0.15) is 62.8 Å². The normalized spacial score (nSPS) is 10.9. The lowest BCUT2D eigenvalue weighted by Gasteiger charge is -2.36. The summed E-state index contributed by atoms with van der Waals surface area (Å²) in [6.07, 6.45) is -0.289. The van der Waals surface area contributed by atoms with E-state index in [9.17, 15) is 9.59 Å². The third-order valence-electron chi connectivity index (χ3n) is 3.72. The van der Waals surface area contributed by atoms with Gasteiger partial charge in [-0.3, -0.25) is 4.79 Å². The molecule has 0 heterocycles. The van der Waals surface area contributed by atoms with E-state index in [4.69, 9.17) is 20.9 Å². The second kappa shape index (κ2) is 15.6. The number of amides is 1. The Morgan fingerprint density at radius 1 is 1.03 bits per heavy atom. The summed E-state index contributed by atoms with van der Waals surface area (Å²) in [5.41, 5.74) is 9.71. The van der Waals surface area contributed by atoms with Crippen LogP contribution >= 0.6 is 0 Å². The molecule has 0 atom stereocenters. The predicted molar refractivity (Wildman–Crippen MR) is 134 cm³/mol. The first-order valence-electron chi connectivity index (χ1n) is 10.3. The highest BCUT2D eigenvalue weighted by molar-refractivity contribution is 5.69. The Kier molecular flexibility index (Phi) is 16.8. The van der Waals surface area contributed by atoms with E-state index in [1.54, 1.807) is 24.1 Å². The number of esters is 1. The Balaban J connectivity index is -0.000000426. The summed E-state index contributed by atoms with van der Waals surface area (Å²) in [4.78, 5) is 23.8. The number of likely N-dealkylation sites (N-methyl/N-ethyl adjacent to an activating group) is 2. The van der Waals surface area contributed by atoms with E-state index < -0.39 is 5.60 Å². The van der Waals surface area contributed by atoms with Gasteiger partial charge in [-0.15, -0.1) is 0 Å². The molecule has 0 spiro atoms. The maximum absolute atomic E-state index is 11.8. The van der Waals surface area contributed by atoms with Gasteiger partial charge in [-0.25, -0.2) is 4.79 Å². The van der Waals surface area contributed by atoms with Crippen molar-refractivity contribution in [1.82, 2.24) is 10.2 Å². The highest BCUT2D eigenvalue weighted by atomic mass is 16.6. The van der Waals surface area contributed by atoms with Gasteiger partial charge in [-0.2, -0.15) is 0 Å². The number of carbonyl (C=O) groups excluding carboxylic acids is 2. The van der Waals surface area contributed by atoms with Gasteiger partial charge >= 0.3 is 12.1 Å². The first-order valence-corrected chi connectivity index (χ1v) is 10.3. The van der Waals surface area contributed by atoms with Crippen LogP contribution in [0.15, 0.2) is 30.3 Å². The molecular weight excluding hydrogens is 408 g/mol. The summed E-state index contributed by atoms with van der Waals surface area (Å²) in [5.74, 6) is 0.307. The number of carbonyl (C=O) groups is 2. The lowest BCUT2D eigenvalue weighted by Crippen LogP contribution is -2.52. The molecule has 0 saturated heterocycles. The fourth-order valence-electron chi connectivity index (χ4n) is 1.78. The second-order valence-electron chi connectivity index (χ2n) is 9.48. The van der Waals surface area contributed by atoms with Crippen LogP contribution in [-0.2, 0) is 9.53 Å². The minimum absolute atomic E-state index is 0. The summed E-state index contributed by atoms with van der Waals surface area (Å²) in [6, 6.07) is 8.98. The lowest BCUT2D eigenvalue weighted by molar-refractivity contribution is -0.131. The fourth-order valence-corrected chi connectivity index (χ4v) is 1.78. The van der Waals surface area contributed by atoms with Gasteiger partial charge in [0.05, 0.1) is 5.54 Å². The van der Waals surface area contributed by atoms with Crippen molar-refractivity contribution in [2.45, 2.75) is 79.5 Å². The van der Waals surface area contributed by atoms with Crippen LogP contribution in [0.2, 0.25) is 0 Å². The molecular formula is C24H48N4O4. The van der Waals surface area contributed by atoms with Crippen LogP contribution in [-0.4, -0.2) is 60.8 Å². The Hall–Kier alpha value is -2.16. The molecule has 0 aliphatic heterocycles. The molecule has 0 saturated carbocycles. The third kappa shape index (κ3) is 19.8. The topological polar surface area (TPSA) is 120 Å². The largest absolute Gasteiger partial charge is 0.444 e. The molecule has 0 aliphatic rings. The second-order valence-corrected chi connectivity index (χ2v) is 9.48. The van der Waals surface area contributed by atoms with E-state index in [1.165, 1.54) is 6.92 Å². The number of nitrogens with two attached hydrogens (primary N) is 2. The van der Waals surface area contributed by atoms with Crippen LogP contribution < -0.4 is 21.5 Å². The Morgan fingerprint density at radius 3 is 1.78 bits per heavy atom. The van der Waals surface area contributed by atoms with Gasteiger partial charge in [0, 0.05) is 32.6 Å². The Labute approximate surface area is 196 Å². The van der Waals surface area contributed by atoms with Gasteiger partial charge in [0.1, 0.15) is 11.4 Å². The van der Waals surface area contributed by atoms with Crippen LogP contribution in [0.5, 0.6) is 5.75 Å². The van der Waals surface area contributed by atoms with Crippen molar-refractivity contribution >= 4 is 12.1 Å². The maximum atomic E-state index is 11.8. The van der Waals surface area contributed by atoms with Gasteiger partial charge in [-0.05, 0) is 67.6 Å². The third-order valence-corrected chi connectivity index (χ3v) is 3.72. The molecule has 188 valence electrons. The van der Waals surface area contributed by atoms with Gasteiger partial charge in [0.15, 0.2) is 0 Å². The monoisotopic (exact) mass is 456 g/mol. The molecule has 0 bridgehead atoms. The molecule has 8 nitrogen and oxygen atoms in total. The number of para-hydroxylation sites is 1. The highest BCUT2D eigenvalue weighted by Crippen LogP contribution is 2.16. The summed E-state index contributed by atoms with van der Waals surface area (Å²) in [5, 5.41) is 3.06. The summed E-state index contributed by atoms with van der Waals surface area (Å²) in [7, 11) is 3.62. The van der Waals surface area contributed by atoms with E-state index in [0.717, 1.165) is 6.54 Å². The van der Waals surface area contributed by atoms with E-state index in [-0.39, 0.29) is 30.6 Å². The first-order chi connectivity index (χ1) is 13.9. The van der Waals surface area contributed by atoms with E-state index in [1.807, 2.05) is 73.7 Å². The summed E-state index contributed by atoms with van der Waals surface area (Å²) >= 11 is 0. The Morgan fingerprint density at radius 2 is 1.47 bits per heavy atom. The molecule has 0 radical (unpaired) electrons. The minimum Gasteiger partial charge on any atom is -0.444 e. The van der Waals surface area contributed by atoms with Crippen LogP contribution in [0.25, 0.3) is 0 Å². The average molecular weight is 457 g/mol. The summed E-state index contributed by atoms with van der Waals surface area (Å²) in [6.45, 7) is 16.0. The fraction of sp³-hybridized carbons (Fsp3) is 0.667. The quantitative estimate of drug-likeness (QED) is 0.455. The van der Waals surface area contributed by atoms with Crippen LogP contribution in [0.3, 0.4) is 0 Å². The smallest absolute Gasteiger partial charge is 0.410 e. The maximum Gasteiger partial charge on any atom is 0.410 e. The average Bonchev–Trinajstić information content (AvgIpc) is 2.60. The zero-order valence-corrected chi connectivity index (χ0v) is 21.0. The number of rotatable bonds is 5. The number of benzene rings is 1. The summed E-state index contributed by atoms with van der Waals surface area (Å²) < 4.78 is 10.1. The van der Waals surface area contributed by atoms with Crippen LogP contribution in [0.4, 0.5) is 4.79 Å². The van der Waals surface area contributed by atoms with E-state index >= 15 is 0 Å². The molecule has 32 heavy (non-hydrogen) atoms. The van der Waals surface area contributed by atoms with Crippen molar-refractivity contribution in [3.05, 3.63) is 30.3 Å². The van der Waals surface area contributed by atoms with Crippen molar-refractivity contribution in [2.24, 2.45) is 11.5 Å². The Bertz CT molecular complexity index is 636. The zero-order valence-electron chi connectivity index (χ0n) is 21.0. The van der Waals surface area contributed by atoms with Crippen molar-refractivity contribution in [3.8, 4) is 5.75 Å². The highest BCUT2D eigenvalue weighted by Gasteiger charge is 2.30. The predicted octanol–water partition coefficient (Wildman–Crippen LogP) is 3.78. The van der Waals surface area contributed by atoms with Crippen molar-refractivity contribution in [1.29, 1.82) is 0 Å². The molecule has 1 amide bonds. The van der Waals surface area contributed by atoms with Gasteiger partial charge in [0.2, 0.25) is 0 Å². The number of hydrogen-bond acceptors (Lipinski definition) is 7. The molecule has 8 heteroatoms. The first kappa shape index (κ1) is 34.5. The standard InChI is InChI=1S/C11H24N2O2.C8H8O2.C4H12N2.CH4/c1-10(2,3)15-9(14)13(7)11(4,5)8-12-6;1-7(9)10-8-5-3-2-4-6-8;1-4(2,6)3-5;/h12H,8H2,1-7H3;2-6H,1H3;3,5-6H2,1-2H3;1H4. The molecule has 0 unspecified atom stereocenters. The molecule has 1 aromatic rings. The number of nitrogens with zero attached hydrogens (tertiary/aromatic N) is 1. The molecule has 1 aromatic carbocycles. The lowest BCUT2D eigenvalue weighted by atomic mass is 10.0.